The summed E-state index contributed by atoms with van der Waals surface area (Å²) in [4.78, 5) is 14.1. The van der Waals surface area contributed by atoms with Crippen molar-refractivity contribution in [1.29, 1.82) is 0 Å². The summed E-state index contributed by atoms with van der Waals surface area (Å²) in [5, 5.41) is 0. The summed E-state index contributed by atoms with van der Waals surface area (Å²) in [6.07, 6.45) is 2.46. The van der Waals surface area contributed by atoms with Crippen LogP contribution in [0.5, 0.6) is 5.75 Å². The van der Waals surface area contributed by atoms with Crippen LogP contribution in [-0.2, 0) is 21.4 Å². The van der Waals surface area contributed by atoms with E-state index in [0.29, 0.717) is 19.5 Å². The van der Waals surface area contributed by atoms with Crippen LogP contribution in [0.25, 0.3) is 0 Å². The van der Waals surface area contributed by atoms with Crippen LogP contribution in [-0.4, -0.2) is 56.5 Å². The van der Waals surface area contributed by atoms with Gasteiger partial charge in [-0.25, -0.2) is 8.42 Å². The Labute approximate surface area is 131 Å². The molecule has 1 aliphatic rings. The van der Waals surface area contributed by atoms with Crippen LogP contribution in [0.15, 0.2) is 24.3 Å². The zero-order valence-electron chi connectivity index (χ0n) is 13.2. The number of carbonyl (C=O) groups is 1. The topological polar surface area (TPSA) is 66.9 Å². The lowest BCUT2D eigenvalue weighted by Gasteiger charge is -2.26. The van der Waals surface area contributed by atoms with Crippen molar-refractivity contribution < 1.29 is 17.9 Å². The molecule has 7 heteroatoms. The summed E-state index contributed by atoms with van der Waals surface area (Å²) in [7, 11) is -0.0414. The van der Waals surface area contributed by atoms with Gasteiger partial charge in [0.2, 0.25) is 15.9 Å². The van der Waals surface area contributed by atoms with Gasteiger partial charge in [-0.3, -0.25) is 4.79 Å². The van der Waals surface area contributed by atoms with Gasteiger partial charge < -0.3 is 9.64 Å². The Bertz CT molecular complexity index is 627. The van der Waals surface area contributed by atoms with E-state index in [1.165, 1.54) is 4.31 Å². The maximum absolute atomic E-state index is 12.5. The highest BCUT2D eigenvalue weighted by atomic mass is 32.2. The first-order valence-corrected chi connectivity index (χ1v) is 9.02. The molecule has 0 saturated carbocycles. The highest BCUT2D eigenvalue weighted by molar-refractivity contribution is 7.88. The van der Waals surface area contributed by atoms with Crippen molar-refractivity contribution in [2.45, 2.75) is 25.4 Å². The summed E-state index contributed by atoms with van der Waals surface area (Å²) in [5.74, 6) is 0.607. The number of carbonyl (C=O) groups excluding carboxylic acids is 1. The number of sulfonamides is 1. The Balaban J connectivity index is 2.05. The third-order valence-corrected chi connectivity index (χ3v) is 5.16. The summed E-state index contributed by atoms with van der Waals surface area (Å²) in [6.45, 7) is 0.864. The fraction of sp³-hybridized carbons (Fsp3) is 0.533. The molecule has 22 heavy (non-hydrogen) atoms. The zero-order valence-corrected chi connectivity index (χ0v) is 14.0. The first-order chi connectivity index (χ1) is 10.3. The number of hydrogen-bond acceptors (Lipinski definition) is 4. The van der Waals surface area contributed by atoms with Gasteiger partial charge in [0.1, 0.15) is 11.8 Å². The van der Waals surface area contributed by atoms with E-state index in [-0.39, 0.29) is 5.91 Å². The molecule has 122 valence electrons. The highest BCUT2D eigenvalue weighted by Crippen LogP contribution is 2.22. The summed E-state index contributed by atoms with van der Waals surface area (Å²) in [5.41, 5.74) is 0.973. The summed E-state index contributed by atoms with van der Waals surface area (Å²) in [6, 6.07) is 6.90. The number of likely N-dealkylation sites (N-methyl/N-ethyl adjacent to an activating group) is 1. The number of benzene rings is 1. The molecule has 1 saturated heterocycles. The molecule has 1 aliphatic heterocycles. The Morgan fingerprint density at radius 1 is 1.36 bits per heavy atom. The van der Waals surface area contributed by atoms with E-state index in [9.17, 15) is 13.2 Å². The smallest absolute Gasteiger partial charge is 0.241 e. The lowest BCUT2D eigenvalue weighted by molar-refractivity contribution is -0.133. The predicted octanol–water partition coefficient (Wildman–Crippen LogP) is 1.08. The molecule has 1 aromatic rings. The predicted molar refractivity (Wildman–Crippen MR) is 84.0 cm³/mol. The van der Waals surface area contributed by atoms with Gasteiger partial charge in [-0.05, 0) is 30.5 Å². The second-order valence-electron chi connectivity index (χ2n) is 5.57. The molecule has 0 aromatic heterocycles. The van der Waals surface area contributed by atoms with E-state index in [1.54, 1.807) is 19.1 Å². The molecule has 6 nitrogen and oxygen atoms in total. The van der Waals surface area contributed by atoms with E-state index >= 15 is 0 Å². The lowest BCUT2D eigenvalue weighted by Crippen LogP contribution is -2.45. The average Bonchev–Trinajstić information content (AvgIpc) is 2.96. The molecule has 1 aromatic carbocycles. The van der Waals surface area contributed by atoms with Gasteiger partial charge in [0.05, 0.1) is 13.4 Å². The normalized spacial score (nSPS) is 19.1. The molecule has 0 unspecified atom stereocenters. The second kappa shape index (κ2) is 6.66. The molecule has 0 bridgehead atoms. The molecule has 0 spiro atoms. The number of nitrogens with zero attached hydrogens (tertiary/aromatic N) is 2. The lowest BCUT2D eigenvalue weighted by atomic mass is 10.1. The molecular formula is C15H22N2O4S. The number of methoxy groups -OCH3 is 1. The monoisotopic (exact) mass is 326 g/mol. The average molecular weight is 326 g/mol. The second-order valence-corrected chi connectivity index (χ2v) is 7.51. The van der Waals surface area contributed by atoms with Crippen molar-refractivity contribution >= 4 is 15.9 Å². The number of amides is 1. The van der Waals surface area contributed by atoms with Crippen molar-refractivity contribution in [1.82, 2.24) is 9.21 Å². The van der Waals surface area contributed by atoms with E-state index in [1.807, 2.05) is 24.3 Å². The van der Waals surface area contributed by atoms with Crippen molar-refractivity contribution in [3.8, 4) is 5.75 Å². The van der Waals surface area contributed by atoms with Crippen LogP contribution in [0.4, 0.5) is 0 Å². The van der Waals surface area contributed by atoms with Gasteiger partial charge in [-0.2, -0.15) is 4.31 Å². The molecule has 1 amide bonds. The maximum Gasteiger partial charge on any atom is 0.241 e. The molecule has 1 heterocycles. The molecule has 1 fully saturated rings. The molecule has 1 atom stereocenters. The van der Waals surface area contributed by atoms with Crippen LogP contribution >= 0.6 is 0 Å². The molecule has 2 rings (SSSR count). The zero-order chi connectivity index (χ0) is 16.3. The SMILES string of the molecule is COc1ccc(CN(C)C(=O)[C@H]2CCCN2S(C)(=O)=O)cc1. The molecule has 0 aliphatic carbocycles. The summed E-state index contributed by atoms with van der Waals surface area (Å²) >= 11 is 0. The molecule has 0 radical (unpaired) electrons. The minimum Gasteiger partial charge on any atom is -0.497 e. The molecular weight excluding hydrogens is 304 g/mol. The Morgan fingerprint density at radius 2 is 2.00 bits per heavy atom. The molecule has 0 N–H and O–H groups in total. The van der Waals surface area contributed by atoms with Crippen molar-refractivity contribution in [3.63, 3.8) is 0 Å². The quantitative estimate of drug-likeness (QED) is 0.812. The van der Waals surface area contributed by atoms with Crippen molar-refractivity contribution in [2.75, 3.05) is 27.0 Å². The Hall–Kier alpha value is -1.60. The fourth-order valence-electron chi connectivity index (χ4n) is 2.72. The standard InChI is InChI=1S/C15H22N2O4S/c1-16(11-12-6-8-13(21-2)9-7-12)15(18)14-5-4-10-17(14)22(3,19)20/h6-9,14H,4-5,10-11H2,1-3H3/t14-/m1/s1. The van der Waals surface area contributed by atoms with E-state index in [0.717, 1.165) is 24.0 Å². The Morgan fingerprint density at radius 3 is 2.55 bits per heavy atom. The van der Waals surface area contributed by atoms with E-state index in [2.05, 4.69) is 0 Å². The third kappa shape index (κ3) is 3.78. The van der Waals surface area contributed by atoms with Crippen LogP contribution in [0.1, 0.15) is 18.4 Å². The van der Waals surface area contributed by atoms with Gasteiger partial charge in [-0.15, -0.1) is 0 Å². The summed E-state index contributed by atoms with van der Waals surface area (Å²) < 4.78 is 29.9. The highest BCUT2D eigenvalue weighted by Gasteiger charge is 2.37. The van der Waals surface area contributed by atoms with Gasteiger partial charge in [0.25, 0.3) is 0 Å². The number of hydrogen-bond donors (Lipinski definition) is 0. The van der Waals surface area contributed by atoms with Gasteiger partial charge in [-0.1, -0.05) is 12.1 Å². The van der Waals surface area contributed by atoms with Crippen molar-refractivity contribution in [3.05, 3.63) is 29.8 Å². The fourth-order valence-corrected chi connectivity index (χ4v) is 3.84. The largest absolute Gasteiger partial charge is 0.497 e. The maximum atomic E-state index is 12.5. The van der Waals surface area contributed by atoms with Gasteiger partial charge in [0, 0.05) is 20.1 Å². The minimum atomic E-state index is -3.34. The first-order valence-electron chi connectivity index (χ1n) is 7.17. The Kier molecular flexibility index (Phi) is 5.08. The number of ether oxygens (including phenoxy) is 1. The van der Waals surface area contributed by atoms with E-state index in [4.69, 9.17) is 4.74 Å². The van der Waals surface area contributed by atoms with Crippen molar-refractivity contribution in [2.24, 2.45) is 0 Å². The van der Waals surface area contributed by atoms with Crippen LogP contribution in [0.2, 0.25) is 0 Å². The van der Waals surface area contributed by atoms with Crippen LogP contribution in [0, 0.1) is 0 Å². The minimum absolute atomic E-state index is 0.154. The van der Waals surface area contributed by atoms with Gasteiger partial charge in [0.15, 0.2) is 0 Å². The number of rotatable bonds is 5. The van der Waals surface area contributed by atoms with E-state index < -0.39 is 16.1 Å². The van der Waals surface area contributed by atoms with Gasteiger partial charge >= 0.3 is 0 Å². The van der Waals surface area contributed by atoms with Crippen LogP contribution < -0.4 is 4.74 Å². The van der Waals surface area contributed by atoms with Crippen LogP contribution in [0.3, 0.4) is 0 Å². The first kappa shape index (κ1) is 16.8. The third-order valence-electron chi connectivity index (χ3n) is 3.87.